The Morgan fingerprint density at radius 1 is 1.62 bits per heavy atom. The number of carbonyl (C=O) groups is 1. The van der Waals surface area contributed by atoms with E-state index < -0.39 is 0 Å². The van der Waals surface area contributed by atoms with Gasteiger partial charge in [-0.3, -0.25) is 4.79 Å². The lowest BCUT2D eigenvalue weighted by atomic mass is 10.2. The number of aliphatic hydroxyl groups excluding tert-OH is 1. The maximum absolute atomic E-state index is 12.0. The van der Waals surface area contributed by atoms with Gasteiger partial charge in [0.05, 0.1) is 17.8 Å². The van der Waals surface area contributed by atoms with Crippen LogP contribution in [-0.2, 0) is 0 Å². The van der Waals surface area contributed by atoms with Crippen molar-refractivity contribution in [3.8, 4) is 0 Å². The van der Waals surface area contributed by atoms with Gasteiger partial charge in [-0.15, -0.1) is 11.3 Å². The second-order valence-electron chi connectivity index (χ2n) is 3.83. The zero-order valence-corrected chi connectivity index (χ0v) is 10.8. The molecule has 4 nitrogen and oxygen atoms in total. The number of amides is 1. The van der Waals surface area contributed by atoms with E-state index in [0.29, 0.717) is 23.9 Å². The monoisotopic (exact) mass is 242 g/mol. The van der Waals surface area contributed by atoms with Crippen molar-refractivity contribution in [1.29, 1.82) is 0 Å². The van der Waals surface area contributed by atoms with Crippen LogP contribution in [0.5, 0.6) is 0 Å². The Labute approximate surface area is 99.9 Å². The maximum atomic E-state index is 12.0. The first-order chi connectivity index (χ1) is 7.60. The van der Waals surface area contributed by atoms with E-state index in [1.807, 2.05) is 6.92 Å². The Balaban J connectivity index is 2.78. The van der Waals surface area contributed by atoms with Crippen LogP contribution in [-0.4, -0.2) is 40.6 Å². The molecule has 0 unspecified atom stereocenters. The van der Waals surface area contributed by atoms with Crippen molar-refractivity contribution in [1.82, 2.24) is 9.88 Å². The highest BCUT2D eigenvalue weighted by atomic mass is 32.1. The molecule has 1 heterocycles. The van der Waals surface area contributed by atoms with Gasteiger partial charge in [-0.1, -0.05) is 13.8 Å². The lowest BCUT2D eigenvalue weighted by molar-refractivity contribution is 0.0736. The molecule has 0 radical (unpaired) electrons. The predicted molar refractivity (Wildman–Crippen MR) is 64.9 cm³/mol. The van der Waals surface area contributed by atoms with E-state index in [2.05, 4.69) is 18.8 Å². The lowest BCUT2D eigenvalue weighted by Gasteiger charge is -2.18. The minimum Gasteiger partial charge on any atom is -0.395 e. The van der Waals surface area contributed by atoms with E-state index in [1.54, 1.807) is 11.1 Å². The van der Waals surface area contributed by atoms with Gasteiger partial charge < -0.3 is 10.0 Å². The van der Waals surface area contributed by atoms with Gasteiger partial charge in [0.1, 0.15) is 4.88 Å². The number of hydrogen-bond acceptors (Lipinski definition) is 4. The molecule has 1 N–H and O–H groups in total. The summed E-state index contributed by atoms with van der Waals surface area (Å²) in [6.07, 6.45) is 1.63. The molecule has 0 aliphatic carbocycles. The lowest BCUT2D eigenvalue weighted by Crippen LogP contribution is -2.32. The molecule has 0 saturated heterocycles. The molecule has 0 fully saturated rings. The van der Waals surface area contributed by atoms with E-state index in [1.165, 1.54) is 11.3 Å². The first-order valence-corrected chi connectivity index (χ1v) is 6.27. The maximum Gasteiger partial charge on any atom is 0.265 e. The summed E-state index contributed by atoms with van der Waals surface area (Å²) in [6, 6.07) is 0. The molecule has 90 valence electrons. The minimum absolute atomic E-state index is 0.00454. The van der Waals surface area contributed by atoms with Crippen LogP contribution in [0.4, 0.5) is 0 Å². The van der Waals surface area contributed by atoms with Crippen LogP contribution in [0, 0.1) is 0 Å². The number of carbonyl (C=O) groups excluding carboxylic acids is 1. The largest absolute Gasteiger partial charge is 0.395 e. The number of likely N-dealkylation sites (N-methyl/N-ethyl adjacent to an activating group) is 1. The zero-order valence-electron chi connectivity index (χ0n) is 9.93. The number of aliphatic hydroxyl groups is 1. The molecule has 0 bridgehead atoms. The molecular formula is C11H18N2O2S. The first kappa shape index (κ1) is 13.1. The Kier molecular flexibility index (Phi) is 4.89. The van der Waals surface area contributed by atoms with E-state index in [4.69, 9.17) is 5.11 Å². The molecule has 5 heteroatoms. The summed E-state index contributed by atoms with van der Waals surface area (Å²) in [5.41, 5.74) is 0. The highest BCUT2D eigenvalue weighted by molar-refractivity contribution is 7.13. The average molecular weight is 242 g/mol. The number of rotatable bonds is 5. The standard InChI is InChI=1S/C11H18N2O2S/c1-4-13(5-6-14)11(15)9-7-12-10(16-9)8(2)3/h7-8,14H,4-6H2,1-3H3. The SMILES string of the molecule is CCN(CCO)C(=O)c1cnc(C(C)C)s1. The summed E-state index contributed by atoms with van der Waals surface area (Å²) < 4.78 is 0. The van der Waals surface area contributed by atoms with Gasteiger partial charge in [-0.25, -0.2) is 4.98 Å². The van der Waals surface area contributed by atoms with Crippen LogP contribution in [0.25, 0.3) is 0 Å². The summed E-state index contributed by atoms with van der Waals surface area (Å²) in [4.78, 5) is 18.5. The second-order valence-corrected chi connectivity index (χ2v) is 4.89. The normalized spacial score (nSPS) is 10.8. The summed E-state index contributed by atoms with van der Waals surface area (Å²) in [6.45, 7) is 6.99. The van der Waals surface area contributed by atoms with Crippen molar-refractivity contribution < 1.29 is 9.90 Å². The molecule has 1 amide bonds. The third kappa shape index (κ3) is 3.02. The van der Waals surface area contributed by atoms with Crippen molar-refractivity contribution in [2.75, 3.05) is 19.7 Å². The molecule has 1 aromatic heterocycles. The van der Waals surface area contributed by atoms with Gasteiger partial charge in [0, 0.05) is 19.0 Å². The van der Waals surface area contributed by atoms with Crippen molar-refractivity contribution in [2.45, 2.75) is 26.7 Å². The zero-order chi connectivity index (χ0) is 12.1. The Bertz CT molecular complexity index is 350. The van der Waals surface area contributed by atoms with Crippen LogP contribution < -0.4 is 0 Å². The van der Waals surface area contributed by atoms with Crippen molar-refractivity contribution >= 4 is 17.2 Å². The predicted octanol–water partition coefficient (Wildman–Crippen LogP) is 1.72. The molecular weight excluding hydrogens is 224 g/mol. The quantitative estimate of drug-likeness (QED) is 0.855. The average Bonchev–Trinajstić information content (AvgIpc) is 2.74. The van der Waals surface area contributed by atoms with Gasteiger partial charge in [-0.2, -0.15) is 0 Å². The van der Waals surface area contributed by atoms with Gasteiger partial charge in [0.25, 0.3) is 5.91 Å². The third-order valence-electron chi connectivity index (χ3n) is 2.27. The van der Waals surface area contributed by atoms with E-state index in [9.17, 15) is 4.79 Å². The molecule has 16 heavy (non-hydrogen) atoms. The first-order valence-electron chi connectivity index (χ1n) is 5.46. The molecule has 0 saturated carbocycles. The topological polar surface area (TPSA) is 53.4 Å². The Morgan fingerprint density at radius 3 is 2.75 bits per heavy atom. The third-order valence-corrected chi connectivity index (χ3v) is 3.55. The summed E-state index contributed by atoms with van der Waals surface area (Å²) in [7, 11) is 0. The van der Waals surface area contributed by atoms with Gasteiger partial charge >= 0.3 is 0 Å². The van der Waals surface area contributed by atoms with Gasteiger partial charge in [-0.05, 0) is 6.92 Å². The minimum atomic E-state index is -0.0408. The number of hydrogen-bond donors (Lipinski definition) is 1. The fourth-order valence-corrected chi connectivity index (χ4v) is 2.22. The highest BCUT2D eigenvalue weighted by Crippen LogP contribution is 2.22. The van der Waals surface area contributed by atoms with E-state index >= 15 is 0 Å². The molecule has 0 aliphatic heterocycles. The Morgan fingerprint density at radius 2 is 2.31 bits per heavy atom. The fraction of sp³-hybridized carbons (Fsp3) is 0.636. The molecule has 1 rings (SSSR count). The second kappa shape index (κ2) is 5.96. The van der Waals surface area contributed by atoms with Gasteiger partial charge in [0.15, 0.2) is 0 Å². The van der Waals surface area contributed by atoms with Gasteiger partial charge in [0.2, 0.25) is 0 Å². The number of nitrogens with zero attached hydrogens (tertiary/aromatic N) is 2. The molecule has 1 aromatic rings. The molecule has 0 spiro atoms. The van der Waals surface area contributed by atoms with E-state index in [0.717, 1.165) is 5.01 Å². The summed E-state index contributed by atoms with van der Waals surface area (Å²) >= 11 is 1.43. The van der Waals surface area contributed by atoms with Crippen LogP contribution in [0.3, 0.4) is 0 Å². The van der Waals surface area contributed by atoms with Crippen molar-refractivity contribution in [3.63, 3.8) is 0 Å². The molecule has 0 aromatic carbocycles. The number of thiazole rings is 1. The van der Waals surface area contributed by atoms with Crippen LogP contribution in [0.1, 0.15) is 41.4 Å². The highest BCUT2D eigenvalue weighted by Gasteiger charge is 2.17. The smallest absolute Gasteiger partial charge is 0.265 e. The van der Waals surface area contributed by atoms with Crippen LogP contribution in [0.2, 0.25) is 0 Å². The van der Waals surface area contributed by atoms with E-state index in [-0.39, 0.29) is 12.5 Å². The fourth-order valence-electron chi connectivity index (χ4n) is 1.33. The summed E-state index contributed by atoms with van der Waals surface area (Å²) in [5, 5.41) is 9.83. The summed E-state index contributed by atoms with van der Waals surface area (Å²) in [5.74, 6) is 0.306. The Hall–Kier alpha value is -0.940. The molecule has 0 aliphatic rings. The van der Waals surface area contributed by atoms with Crippen molar-refractivity contribution in [3.05, 3.63) is 16.1 Å². The van der Waals surface area contributed by atoms with Crippen molar-refractivity contribution in [2.24, 2.45) is 0 Å². The number of aromatic nitrogens is 1. The van der Waals surface area contributed by atoms with Crippen LogP contribution in [0.15, 0.2) is 6.20 Å². The van der Waals surface area contributed by atoms with Crippen LogP contribution >= 0.6 is 11.3 Å². The molecule has 0 atom stereocenters.